The molecule has 0 fully saturated rings. The fraction of sp³-hybridized carbons (Fsp3) is 0.600. The highest BCUT2D eigenvalue weighted by Gasteiger charge is 2.38. The smallest absolute Gasteiger partial charge is 0.265 e. The molecule has 1 atom stereocenters. The van der Waals surface area contributed by atoms with Crippen LogP contribution in [0.1, 0.15) is 32.4 Å². The van der Waals surface area contributed by atoms with E-state index >= 15 is 0 Å². The van der Waals surface area contributed by atoms with E-state index in [1.54, 1.807) is 0 Å². The van der Waals surface area contributed by atoms with Gasteiger partial charge in [0.1, 0.15) is 6.10 Å². The maximum atomic E-state index is 11.5. The number of halogens is 1. The molecular weight excluding hydrogens is 384 g/mol. The molecule has 1 aromatic rings. The van der Waals surface area contributed by atoms with E-state index < -0.39 is 24.5 Å². The van der Waals surface area contributed by atoms with Crippen molar-refractivity contribution in [2.24, 2.45) is 0 Å². The van der Waals surface area contributed by atoms with Crippen molar-refractivity contribution in [1.82, 2.24) is 0 Å². The predicted molar refractivity (Wildman–Crippen MR) is 96.0 cm³/mol. The zero-order valence-corrected chi connectivity index (χ0v) is 17.4. The number of hydrogen-bond acceptors (Lipinski definition) is 4. The average molecular weight is 409 g/mol. The fourth-order valence-corrected chi connectivity index (χ4v) is 3.60. The van der Waals surface area contributed by atoms with Gasteiger partial charge < -0.3 is 4.43 Å². The Balaban J connectivity index is 2.98. The Morgan fingerprint density at radius 1 is 1.27 bits per heavy atom. The summed E-state index contributed by atoms with van der Waals surface area (Å²) in [6, 6.07) is 7.43. The molecule has 0 aliphatic heterocycles. The molecule has 0 amide bonds. The average Bonchev–Trinajstić information content (AvgIpc) is 2.31. The Morgan fingerprint density at radius 2 is 1.86 bits per heavy atom. The Hall–Kier alpha value is -0.213. The standard InChI is InChI=1S/C15H25BrO4SSi/c1-15(2,3)22(5,6)19-11-14(20-21(4,17)18)12-8-7-9-13(16)10-12/h7-10,14H,11H2,1-6H3/t14-/m0/s1. The van der Waals surface area contributed by atoms with Crippen LogP contribution in [-0.4, -0.2) is 29.6 Å². The van der Waals surface area contributed by atoms with Crippen molar-refractivity contribution in [2.75, 3.05) is 12.9 Å². The van der Waals surface area contributed by atoms with Crippen molar-refractivity contribution < 1.29 is 17.0 Å². The highest BCUT2D eigenvalue weighted by Crippen LogP contribution is 2.37. The minimum absolute atomic E-state index is 0.0555. The van der Waals surface area contributed by atoms with Gasteiger partial charge in [-0.1, -0.05) is 48.8 Å². The molecule has 0 aromatic heterocycles. The van der Waals surface area contributed by atoms with Gasteiger partial charge >= 0.3 is 0 Å². The quantitative estimate of drug-likeness (QED) is 0.513. The minimum Gasteiger partial charge on any atom is -0.414 e. The van der Waals surface area contributed by atoms with Gasteiger partial charge in [-0.25, -0.2) is 0 Å². The molecule has 0 saturated heterocycles. The molecule has 0 saturated carbocycles. The third-order valence-corrected chi connectivity index (χ3v) is 9.49. The van der Waals surface area contributed by atoms with Crippen LogP contribution >= 0.6 is 15.9 Å². The lowest BCUT2D eigenvalue weighted by molar-refractivity contribution is 0.127. The van der Waals surface area contributed by atoms with E-state index in [1.165, 1.54) is 0 Å². The SMILES string of the molecule is CC(C)(C)[Si](C)(C)OC[C@H](OS(C)(=O)=O)c1cccc(Br)c1. The zero-order chi connectivity index (χ0) is 17.2. The molecule has 0 bridgehead atoms. The van der Waals surface area contributed by atoms with Crippen LogP contribution in [0.2, 0.25) is 18.1 Å². The van der Waals surface area contributed by atoms with Crippen molar-refractivity contribution in [2.45, 2.75) is 45.0 Å². The largest absolute Gasteiger partial charge is 0.414 e. The topological polar surface area (TPSA) is 52.6 Å². The maximum absolute atomic E-state index is 11.5. The lowest BCUT2D eigenvalue weighted by atomic mass is 10.1. The maximum Gasteiger partial charge on any atom is 0.265 e. The highest BCUT2D eigenvalue weighted by atomic mass is 79.9. The van der Waals surface area contributed by atoms with E-state index in [2.05, 4.69) is 49.8 Å². The van der Waals surface area contributed by atoms with Crippen LogP contribution in [0.3, 0.4) is 0 Å². The van der Waals surface area contributed by atoms with E-state index in [9.17, 15) is 8.42 Å². The van der Waals surface area contributed by atoms with E-state index in [0.717, 1.165) is 16.3 Å². The molecule has 0 aliphatic rings. The molecule has 0 heterocycles. The van der Waals surface area contributed by atoms with Crippen LogP contribution in [0.5, 0.6) is 0 Å². The van der Waals surface area contributed by atoms with Gasteiger partial charge in [0.05, 0.1) is 12.9 Å². The summed E-state index contributed by atoms with van der Waals surface area (Å²) in [5, 5.41) is 0.0555. The second-order valence-corrected chi connectivity index (χ2v) is 14.2. The van der Waals surface area contributed by atoms with E-state index in [0.29, 0.717) is 0 Å². The summed E-state index contributed by atoms with van der Waals surface area (Å²) in [6.07, 6.45) is 0.422. The van der Waals surface area contributed by atoms with Crippen LogP contribution in [0.15, 0.2) is 28.7 Å². The first-order valence-electron chi connectivity index (χ1n) is 7.09. The predicted octanol–water partition coefficient (Wildman–Crippen LogP) is 4.49. The Bertz CT molecular complexity index is 608. The normalized spacial score (nSPS) is 14.9. The van der Waals surface area contributed by atoms with Gasteiger partial charge in [0.15, 0.2) is 8.32 Å². The lowest BCUT2D eigenvalue weighted by Crippen LogP contribution is -2.42. The van der Waals surface area contributed by atoms with Crippen LogP contribution in [-0.2, 0) is 18.7 Å². The van der Waals surface area contributed by atoms with Crippen molar-refractivity contribution in [1.29, 1.82) is 0 Å². The van der Waals surface area contributed by atoms with Crippen molar-refractivity contribution in [3.05, 3.63) is 34.3 Å². The van der Waals surface area contributed by atoms with Gasteiger partial charge in [-0.15, -0.1) is 0 Å². The Labute approximate surface area is 143 Å². The summed E-state index contributed by atoms with van der Waals surface area (Å²) < 4.78 is 35.3. The highest BCUT2D eigenvalue weighted by molar-refractivity contribution is 9.10. The summed E-state index contributed by atoms with van der Waals surface area (Å²) in [6.45, 7) is 10.9. The minimum atomic E-state index is -3.57. The van der Waals surface area contributed by atoms with Crippen LogP contribution in [0.4, 0.5) is 0 Å². The second-order valence-electron chi connectivity index (χ2n) is 6.92. The molecule has 0 aliphatic carbocycles. The third kappa shape index (κ3) is 6.12. The second kappa shape index (κ2) is 7.13. The van der Waals surface area contributed by atoms with Gasteiger partial charge in [0.25, 0.3) is 10.1 Å². The summed E-state index contributed by atoms with van der Waals surface area (Å²) in [4.78, 5) is 0. The summed E-state index contributed by atoms with van der Waals surface area (Å²) in [5.74, 6) is 0. The number of rotatable bonds is 6. The summed E-state index contributed by atoms with van der Waals surface area (Å²) in [5.41, 5.74) is 0.776. The molecule has 0 unspecified atom stereocenters. The molecule has 22 heavy (non-hydrogen) atoms. The first kappa shape index (κ1) is 19.8. The van der Waals surface area contributed by atoms with Crippen molar-refractivity contribution in [3.8, 4) is 0 Å². The van der Waals surface area contributed by atoms with Crippen LogP contribution in [0.25, 0.3) is 0 Å². The van der Waals surface area contributed by atoms with Crippen molar-refractivity contribution >= 4 is 34.4 Å². The van der Waals surface area contributed by atoms with Crippen LogP contribution in [0, 0.1) is 0 Å². The number of hydrogen-bond donors (Lipinski definition) is 0. The summed E-state index contributed by atoms with van der Waals surface area (Å²) >= 11 is 3.40. The Kier molecular flexibility index (Phi) is 6.43. The Morgan fingerprint density at radius 3 is 2.32 bits per heavy atom. The van der Waals surface area contributed by atoms with Gasteiger partial charge in [0, 0.05) is 4.47 Å². The van der Waals surface area contributed by atoms with Gasteiger partial charge in [-0.3, -0.25) is 4.18 Å². The molecule has 7 heteroatoms. The third-order valence-electron chi connectivity index (χ3n) is 3.91. The van der Waals surface area contributed by atoms with Crippen molar-refractivity contribution in [3.63, 3.8) is 0 Å². The molecule has 0 spiro atoms. The van der Waals surface area contributed by atoms with Gasteiger partial charge in [0.2, 0.25) is 0 Å². The summed E-state index contributed by atoms with van der Waals surface area (Å²) in [7, 11) is -5.54. The van der Waals surface area contributed by atoms with E-state index in [4.69, 9.17) is 8.61 Å². The molecule has 0 N–H and O–H groups in total. The molecular formula is C15H25BrO4SSi. The van der Waals surface area contributed by atoms with Crippen LogP contribution < -0.4 is 0 Å². The zero-order valence-electron chi connectivity index (χ0n) is 14.0. The molecule has 4 nitrogen and oxygen atoms in total. The number of benzene rings is 1. The first-order valence-corrected chi connectivity index (χ1v) is 12.6. The lowest BCUT2D eigenvalue weighted by Gasteiger charge is -2.37. The molecule has 1 rings (SSSR count). The van der Waals surface area contributed by atoms with Gasteiger partial charge in [-0.2, -0.15) is 8.42 Å². The van der Waals surface area contributed by atoms with E-state index in [1.807, 2.05) is 24.3 Å². The monoisotopic (exact) mass is 408 g/mol. The molecule has 126 valence electrons. The van der Waals surface area contributed by atoms with Gasteiger partial charge in [-0.05, 0) is 35.8 Å². The molecule has 1 aromatic carbocycles. The molecule has 0 radical (unpaired) electrons. The first-order chi connectivity index (χ1) is 9.82. The fourth-order valence-electron chi connectivity index (χ4n) is 1.60. The van der Waals surface area contributed by atoms with E-state index in [-0.39, 0.29) is 11.6 Å².